The summed E-state index contributed by atoms with van der Waals surface area (Å²) >= 11 is 3.41. The molecule has 30 heavy (non-hydrogen) atoms. The number of esters is 2. The summed E-state index contributed by atoms with van der Waals surface area (Å²) in [5, 5.41) is 0. The Bertz CT molecular complexity index is 848. The zero-order valence-electron chi connectivity index (χ0n) is 17.5. The summed E-state index contributed by atoms with van der Waals surface area (Å²) in [7, 11) is 2.44. The van der Waals surface area contributed by atoms with E-state index in [0.717, 1.165) is 0 Å². The molecule has 0 radical (unpaired) electrons. The molecule has 0 aromatic heterocycles. The zero-order chi connectivity index (χ0) is 22.7. The van der Waals surface area contributed by atoms with Crippen LogP contribution in [0.3, 0.4) is 0 Å². The highest BCUT2D eigenvalue weighted by Crippen LogP contribution is 2.42. The average molecular weight is 486 g/mol. The molecule has 164 valence electrons. The predicted molar refractivity (Wildman–Crippen MR) is 111 cm³/mol. The van der Waals surface area contributed by atoms with Gasteiger partial charge in [-0.1, -0.05) is 34.1 Å². The minimum Gasteiger partial charge on any atom is -0.468 e. The molecule has 2 rings (SSSR count). The Hall–Kier alpha value is -2.42. The third-order valence-electron chi connectivity index (χ3n) is 4.60. The standard InChI is InChI=1S/C21H25BrFNO6/c1-20(2,3)30-19(27)24-12-21(18(26)29-5,11-16(24)17(25)28-4)10-15(22)13-6-8-14(23)9-7-13/h6-10,16H,11-12H2,1-5H3/b15-10+/t16-,21+/m0/s1. The van der Waals surface area contributed by atoms with Crippen LogP contribution in [0.25, 0.3) is 4.48 Å². The molecule has 1 heterocycles. The van der Waals surface area contributed by atoms with Gasteiger partial charge in [-0.05, 0) is 38.5 Å². The summed E-state index contributed by atoms with van der Waals surface area (Å²) in [6, 6.07) is 4.62. The van der Waals surface area contributed by atoms with Crippen molar-refractivity contribution >= 4 is 38.4 Å². The van der Waals surface area contributed by atoms with Crippen LogP contribution in [0.1, 0.15) is 32.8 Å². The van der Waals surface area contributed by atoms with E-state index >= 15 is 0 Å². The number of halogens is 2. The van der Waals surface area contributed by atoms with Gasteiger partial charge in [0.1, 0.15) is 22.9 Å². The number of amides is 1. The van der Waals surface area contributed by atoms with Crippen molar-refractivity contribution in [2.75, 3.05) is 20.8 Å². The minimum absolute atomic E-state index is 0.0537. The Morgan fingerprint density at radius 3 is 2.27 bits per heavy atom. The van der Waals surface area contributed by atoms with E-state index in [-0.39, 0.29) is 13.0 Å². The van der Waals surface area contributed by atoms with Crippen LogP contribution in [0.4, 0.5) is 9.18 Å². The molecule has 0 aliphatic carbocycles. The van der Waals surface area contributed by atoms with Crippen molar-refractivity contribution in [3.8, 4) is 0 Å². The molecular weight excluding hydrogens is 461 g/mol. The predicted octanol–water partition coefficient (Wildman–Crippen LogP) is 3.90. The van der Waals surface area contributed by atoms with E-state index < -0.39 is 40.9 Å². The lowest BCUT2D eigenvalue weighted by Gasteiger charge is -2.28. The molecule has 0 spiro atoms. The summed E-state index contributed by atoms with van der Waals surface area (Å²) in [5.41, 5.74) is -1.51. The Kier molecular flexibility index (Phi) is 7.28. The van der Waals surface area contributed by atoms with Crippen LogP contribution < -0.4 is 0 Å². The largest absolute Gasteiger partial charge is 0.468 e. The summed E-state index contributed by atoms with van der Waals surface area (Å²) in [4.78, 5) is 39.1. The van der Waals surface area contributed by atoms with Gasteiger partial charge in [-0.2, -0.15) is 0 Å². The van der Waals surface area contributed by atoms with Crippen molar-refractivity contribution < 1.29 is 33.0 Å². The molecule has 1 aliphatic rings. The van der Waals surface area contributed by atoms with Gasteiger partial charge in [-0.3, -0.25) is 9.69 Å². The highest BCUT2D eigenvalue weighted by molar-refractivity contribution is 9.15. The first-order valence-electron chi connectivity index (χ1n) is 9.22. The second kappa shape index (κ2) is 9.16. The number of ether oxygens (including phenoxy) is 3. The third kappa shape index (κ3) is 5.38. The van der Waals surface area contributed by atoms with Gasteiger partial charge in [0.15, 0.2) is 0 Å². The van der Waals surface area contributed by atoms with E-state index in [9.17, 15) is 18.8 Å². The number of hydrogen-bond acceptors (Lipinski definition) is 6. The number of benzene rings is 1. The van der Waals surface area contributed by atoms with Crippen molar-refractivity contribution in [3.63, 3.8) is 0 Å². The number of rotatable bonds is 4. The van der Waals surface area contributed by atoms with Crippen molar-refractivity contribution in [1.82, 2.24) is 4.90 Å². The Labute approximate surface area is 183 Å². The molecule has 1 amide bonds. The highest BCUT2D eigenvalue weighted by Gasteiger charge is 2.54. The molecule has 1 aromatic rings. The third-order valence-corrected chi connectivity index (χ3v) is 5.29. The quantitative estimate of drug-likeness (QED) is 0.475. The number of carbonyl (C=O) groups is 3. The molecule has 0 N–H and O–H groups in total. The van der Waals surface area contributed by atoms with Crippen LogP contribution in [0.15, 0.2) is 30.3 Å². The van der Waals surface area contributed by atoms with Crippen molar-refractivity contribution in [1.29, 1.82) is 0 Å². The van der Waals surface area contributed by atoms with E-state index in [2.05, 4.69) is 15.9 Å². The summed E-state index contributed by atoms with van der Waals surface area (Å²) in [6.07, 6.45) is 0.781. The SMILES string of the molecule is COC(=O)[C@@H]1C[C@@](/C=C(/Br)c2ccc(F)cc2)(C(=O)OC)CN1C(=O)OC(C)(C)C. The molecule has 9 heteroatoms. The molecule has 0 unspecified atom stereocenters. The maximum absolute atomic E-state index is 13.2. The first-order chi connectivity index (χ1) is 13.9. The Morgan fingerprint density at radius 1 is 1.17 bits per heavy atom. The van der Waals surface area contributed by atoms with Crippen LogP contribution in [-0.2, 0) is 23.8 Å². The van der Waals surface area contributed by atoms with Crippen molar-refractivity contribution in [3.05, 3.63) is 41.7 Å². The first kappa shape index (κ1) is 23.9. The van der Waals surface area contributed by atoms with Gasteiger partial charge in [0.25, 0.3) is 0 Å². The number of carbonyl (C=O) groups excluding carboxylic acids is 3. The van der Waals surface area contributed by atoms with Gasteiger partial charge in [0, 0.05) is 17.4 Å². The van der Waals surface area contributed by atoms with E-state index in [1.165, 1.54) is 31.3 Å². The molecular formula is C21H25BrFNO6. The Morgan fingerprint density at radius 2 is 1.77 bits per heavy atom. The normalized spacial score (nSPS) is 21.9. The molecule has 2 atom stereocenters. The van der Waals surface area contributed by atoms with Gasteiger partial charge >= 0.3 is 18.0 Å². The van der Waals surface area contributed by atoms with Gasteiger partial charge in [0.2, 0.25) is 0 Å². The average Bonchev–Trinajstić information content (AvgIpc) is 3.06. The van der Waals surface area contributed by atoms with Crippen LogP contribution in [0.5, 0.6) is 0 Å². The van der Waals surface area contributed by atoms with Crippen LogP contribution in [-0.4, -0.2) is 55.3 Å². The van der Waals surface area contributed by atoms with E-state index in [1.54, 1.807) is 39.0 Å². The Balaban J connectivity index is 2.49. The van der Waals surface area contributed by atoms with Crippen LogP contribution in [0.2, 0.25) is 0 Å². The fourth-order valence-electron chi connectivity index (χ4n) is 3.24. The number of likely N-dealkylation sites (tertiary alicyclic amines) is 1. The zero-order valence-corrected chi connectivity index (χ0v) is 19.1. The topological polar surface area (TPSA) is 82.1 Å². The maximum atomic E-state index is 13.2. The monoisotopic (exact) mass is 485 g/mol. The van der Waals surface area contributed by atoms with Gasteiger partial charge < -0.3 is 14.2 Å². The van der Waals surface area contributed by atoms with Gasteiger partial charge in [-0.25, -0.2) is 14.0 Å². The molecule has 1 aromatic carbocycles. The second-order valence-corrected chi connectivity index (χ2v) is 8.85. The van der Waals surface area contributed by atoms with Crippen molar-refractivity contribution in [2.45, 2.75) is 38.8 Å². The fraction of sp³-hybridized carbons (Fsp3) is 0.476. The lowest BCUT2D eigenvalue weighted by Crippen LogP contribution is -2.44. The molecule has 7 nitrogen and oxygen atoms in total. The smallest absolute Gasteiger partial charge is 0.411 e. The van der Waals surface area contributed by atoms with Crippen LogP contribution >= 0.6 is 15.9 Å². The molecule has 1 fully saturated rings. The molecule has 0 bridgehead atoms. The molecule has 0 saturated carbocycles. The lowest BCUT2D eigenvalue weighted by atomic mass is 9.84. The summed E-state index contributed by atoms with van der Waals surface area (Å²) < 4.78 is 29.0. The van der Waals surface area contributed by atoms with E-state index in [0.29, 0.717) is 10.0 Å². The van der Waals surface area contributed by atoms with Gasteiger partial charge in [-0.15, -0.1) is 0 Å². The number of methoxy groups -OCH3 is 2. The molecule has 1 saturated heterocycles. The first-order valence-corrected chi connectivity index (χ1v) is 10.0. The highest BCUT2D eigenvalue weighted by atomic mass is 79.9. The van der Waals surface area contributed by atoms with Crippen molar-refractivity contribution in [2.24, 2.45) is 5.41 Å². The summed E-state index contributed by atoms with van der Waals surface area (Å²) in [6.45, 7) is 4.96. The fourth-order valence-corrected chi connectivity index (χ4v) is 3.95. The van der Waals surface area contributed by atoms with E-state index in [1.807, 2.05) is 0 Å². The van der Waals surface area contributed by atoms with E-state index in [4.69, 9.17) is 14.2 Å². The van der Waals surface area contributed by atoms with Gasteiger partial charge in [0.05, 0.1) is 14.2 Å². The van der Waals surface area contributed by atoms with Crippen LogP contribution in [0, 0.1) is 11.2 Å². The summed E-state index contributed by atoms with van der Waals surface area (Å²) in [5.74, 6) is -1.69. The number of nitrogens with zero attached hydrogens (tertiary/aromatic N) is 1. The maximum Gasteiger partial charge on any atom is 0.411 e. The lowest BCUT2D eigenvalue weighted by molar-refractivity contribution is -0.149. The minimum atomic E-state index is -1.34. The number of hydrogen-bond donors (Lipinski definition) is 0. The molecule has 1 aliphatic heterocycles. The second-order valence-electron chi connectivity index (χ2n) is 8.00.